The topological polar surface area (TPSA) is 68.7 Å². The highest BCUT2D eigenvalue weighted by molar-refractivity contribution is 5.97. The normalized spacial score (nSPS) is 20.7. The van der Waals surface area contributed by atoms with Gasteiger partial charge >= 0.3 is 0 Å². The molecule has 1 saturated heterocycles. The smallest absolute Gasteiger partial charge is 0.241 e. The summed E-state index contributed by atoms with van der Waals surface area (Å²) >= 11 is 0. The van der Waals surface area contributed by atoms with E-state index in [1.165, 1.54) is 12.1 Å². The Balaban J connectivity index is 1.63. The molecule has 7 heteroatoms. The van der Waals surface area contributed by atoms with Crippen LogP contribution in [0.1, 0.15) is 43.3 Å². The van der Waals surface area contributed by atoms with Gasteiger partial charge in [0.15, 0.2) is 0 Å². The van der Waals surface area contributed by atoms with Gasteiger partial charge in [-0.3, -0.25) is 14.7 Å². The van der Waals surface area contributed by atoms with Crippen LogP contribution < -0.4 is 10.2 Å². The lowest BCUT2D eigenvalue weighted by atomic mass is 9.90. The molecule has 1 aromatic heterocycles. The lowest BCUT2D eigenvalue weighted by molar-refractivity contribution is -0.120. The number of carbonyl (C=O) groups is 1. The Morgan fingerprint density at radius 3 is 2.74 bits per heavy atom. The molecular formula is C24H31FN4O2. The molecule has 2 aromatic rings. The second-order valence-corrected chi connectivity index (χ2v) is 9.38. The minimum Gasteiger partial charge on any atom is -0.390 e. The lowest BCUT2D eigenvalue weighted by Gasteiger charge is -2.32. The van der Waals surface area contributed by atoms with E-state index in [2.05, 4.69) is 31.0 Å². The molecule has 1 amide bonds. The average Bonchev–Trinajstić information content (AvgIpc) is 2.99. The molecule has 0 aliphatic carbocycles. The van der Waals surface area contributed by atoms with Crippen molar-refractivity contribution in [3.05, 3.63) is 58.7 Å². The number of halogens is 1. The first kappa shape index (κ1) is 21.9. The van der Waals surface area contributed by atoms with E-state index in [-0.39, 0.29) is 23.7 Å². The van der Waals surface area contributed by atoms with Gasteiger partial charge in [0, 0.05) is 37.6 Å². The highest BCUT2D eigenvalue weighted by Crippen LogP contribution is 2.40. The zero-order valence-corrected chi connectivity index (χ0v) is 18.5. The van der Waals surface area contributed by atoms with Gasteiger partial charge in [0.05, 0.1) is 30.2 Å². The van der Waals surface area contributed by atoms with Gasteiger partial charge in [-0.25, -0.2) is 4.39 Å². The van der Waals surface area contributed by atoms with E-state index in [9.17, 15) is 14.3 Å². The molecule has 1 unspecified atom stereocenters. The van der Waals surface area contributed by atoms with E-state index in [4.69, 9.17) is 4.98 Å². The largest absolute Gasteiger partial charge is 0.390 e. The molecular weight excluding hydrogens is 395 g/mol. The van der Waals surface area contributed by atoms with Crippen molar-refractivity contribution in [1.82, 2.24) is 15.2 Å². The highest BCUT2D eigenvalue weighted by atomic mass is 19.1. The number of piperazine rings is 1. The first-order chi connectivity index (χ1) is 14.8. The fourth-order valence-corrected chi connectivity index (χ4v) is 4.61. The van der Waals surface area contributed by atoms with E-state index in [0.29, 0.717) is 31.2 Å². The predicted octanol–water partition coefficient (Wildman–Crippen LogP) is 2.22. The molecule has 166 valence electrons. The van der Waals surface area contributed by atoms with Crippen LogP contribution in [0, 0.1) is 5.82 Å². The molecule has 3 heterocycles. The van der Waals surface area contributed by atoms with Crippen molar-refractivity contribution in [1.29, 1.82) is 0 Å². The molecule has 1 atom stereocenters. The Morgan fingerprint density at radius 1 is 1.32 bits per heavy atom. The van der Waals surface area contributed by atoms with Crippen molar-refractivity contribution >= 4 is 11.6 Å². The summed E-state index contributed by atoms with van der Waals surface area (Å²) < 4.78 is 13.3. The maximum absolute atomic E-state index is 13.3. The number of fused-ring (bicyclic) bond motifs is 1. The number of hydrogen-bond acceptors (Lipinski definition) is 5. The molecule has 0 radical (unpaired) electrons. The maximum Gasteiger partial charge on any atom is 0.241 e. The van der Waals surface area contributed by atoms with Gasteiger partial charge in [-0.05, 0) is 42.7 Å². The predicted molar refractivity (Wildman–Crippen MR) is 119 cm³/mol. The zero-order chi connectivity index (χ0) is 22.2. The fourth-order valence-electron chi connectivity index (χ4n) is 4.61. The quantitative estimate of drug-likeness (QED) is 0.768. The van der Waals surface area contributed by atoms with Gasteiger partial charge in [0.2, 0.25) is 5.91 Å². The molecule has 1 aromatic carbocycles. The van der Waals surface area contributed by atoms with Crippen LogP contribution in [0.4, 0.5) is 10.1 Å². The van der Waals surface area contributed by atoms with Crippen LogP contribution in [0.25, 0.3) is 0 Å². The van der Waals surface area contributed by atoms with Crippen molar-refractivity contribution in [2.24, 2.45) is 0 Å². The molecule has 6 nitrogen and oxygen atoms in total. The second-order valence-electron chi connectivity index (χ2n) is 9.38. The number of amides is 1. The number of hydrogen-bond donors (Lipinski definition) is 2. The third-order valence-corrected chi connectivity index (χ3v) is 6.23. The standard InChI is InChI=1S/C24H31FN4O2/c1-16-12-28(9-8-26-16)13-22(31)29-15-24(2,3)23-21(29)11-18(20(14-30)27-23)10-17-4-6-19(25)7-5-17/h4-7,11,16,26,30H,8-10,12-15H2,1-3H3. The van der Waals surface area contributed by atoms with E-state index in [1.54, 1.807) is 12.1 Å². The summed E-state index contributed by atoms with van der Waals surface area (Å²) in [4.78, 5) is 22.1. The molecule has 31 heavy (non-hydrogen) atoms. The van der Waals surface area contributed by atoms with Gasteiger partial charge in [-0.1, -0.05) is 26.0 Å². The number of aliphatic hydroxyl groups is 1. The molecule has 4 rings (SSSR count). The van der Waals surface area contributed by atoms with Crippen molar-refractivity contribution < 1.29 is 14.3 Å². The molecule has 0 bridgehead atoms. The summed E-state index contributed by atoms with van der Waals surface area (Å²) in [6.45, 7) is 9.68. The molecule has 2 aliphatic rings. The van der Waals surface area contributed by atoms with Gasteiger partial charge in [-0.2, -0.15) is 0 Å². The van der Waals surface area contributed by atoms with Crippen LogP contribution in [0.3, 0.4) is 0 Å². The minimum absolute atomic E-state index is 0.0761. The molecule has 2 N–H and O–H groups in total. The van der Waals surface area contributed by atoms with Gasteiger partial charge in [-0.15, -0.1) is 0 Å². The van der Waals surface area contributed by atoms with Crippen molar-refractivity contribution in [2.75, 3.05) is 37.6 Å². The Bertz CT molecular complexity index is 961. The second kappa shape index (κ2) is 8.65. The number of pyridine rings is 1. The Kier molecular flexibility index (Phi) is 6.10. The van der Waals surface area contributed by atoms with Crippen LogP contribution in [0.5, 0.6) is 0 Å². The first-order valence-corrected chi connectivity index (χ1v) is 10.9. The van der Waals surface area contributed by atoms with Gasteiger partial charge in [0.25, 0.3) is 0 Å². The molecule has 1 fully saturated rings. The summed E-state index contributed by atoms with van der Waals surface area (Å²) in [5, 5.41) is 13.3. The Labute approximate surface area is 183 Å². The first-order valence-electron chi connectivity index (χ1n) is 10.9. The SMILES string of the molecule is CC1CN(CC(=O)N2CC(C)(C)c3nc(CO)c(Cc4ccc(F)cc4)cc32)CCN1. The zero-order valence-electron chi connectivity index (χ0n) is 18.5. The molecule has 0 saturated carbocycles. The monoisotopic (exact) mass is 426 g/mol. The van der Waals surface area contributed by atoms with E-state index < -0.39 is 0 Å². The lowest BCUT2D eigenvalue weighted by Crippen LogP contribution is -2.52. The summed E-state index contributed by atoms with van der Waals surface area (Å²) in [5.41, 5.74) is 3.79. The minimum atomic E-state index is -0.292. The van der Waals surface area contributed by atoms with Crippen LogP contribution in [-0.2, 0) is 23.2 Å². The Hall–Kier alpha value is -2.35. The number of benzene rings is 1. The summed E-state index contributed by atoms with van der Waals surface area (Å²) in [6.07, 6.45) is 0.522. The average molecular weight is 427 g/mol. The number of carbonyl (C=O) groups excluding carboxylic acids is 1. The van der Waals surface area contributed by atoms with Crippen LogP contribution in [-0.4, -0.2) is 59.7 Å². The number of nitrogens with one attached hydrogen (secondary N) is 1. The highest BCUT2D eigenvalue weighted by Gasteiger charge is 2.40. The van der Waals surface area contributed by atoms with Crippen molar-refractivity contribution in [2.45, 2.75) is 45.3 Å². The Morgan fingerprint density at radius 2 is 2.06 bits per heavy atom. The van der Waals surface area contributed by atoms with E-state index in [0.717, 1.165) is 42.1 Å². The summed E-state index contributed by atoms with van der Waals surface area (Å²) in [5.74, 6) is -0.203. The molecule has 2 aliphatic heterocycles. The fraction of sp³-hybridized carbons (Fsp3) is 0.500. The number of anilines is 1. The summed E-state index contributed by atoms with van der Waals surface area (Å²) in [7, 11) is 0. The van der Waals surface area contributed by atoms with E-state index in [1.807, 2.05) is 11.0 Å². The maximum atomic E-state index is 13.3. The number of aliphatic hydroxyl groups excluding tert-OH is 1. The third-order valence-electron chi connectivity index (χ3n) is 6.23. The molecule has 0 spiro atoms. The number of nitrogens with zero attached hydrogens (tertiary/aromatic N) is 3. The van der Waals surface area contributed by atoms with Crippen LogP contribution in [0.2, 0.25) is 0 Å². The van der Waals surface area contributed by atoms with Gasteiger partial charge in [0.1, 0.15) is 5.82 Å². The van der Waals surface area contributed by atoms with Gasteiger partial charge < -0.3 is 15.3 Å². The van der Waals surface area contributed by atoms with Crippen LogP contribution >= 0.6 is 0 Å². The van der Waals surface area contributed by atoms with Crippen molar-refractivity contribution in [3.63, 3.8) is 0 Å². The number of rotatable bonds is 5. The summed E-state index contributed by atoms with van der Waals surface area (Å²) in [6, 6.07) is 8.71. The van der Waals surface area contributed by atoms with Crippen LogP contribution in [0.15, 0.2) is 30.3 Å². The number of aromatic nitrogens is 1. The van der Waals surface area contributed by atoms with E-state index >= 15 is 0 Å². The van der Waals surface area contributed by atoms with Crippen molar-refractivity contribution in [3.8, 4) is 0 Å². The third kappa shape index (κ3) is 4.63.